The van der Waals surface area contributed by atoms with Crippen molar-refractivity contribution in [1.82, 2.24) is 10.4 Å². The first-order valence-electron chi connectivity index (χ1n) is 7.97. The van der Waals surface area contributed by atoms with E-state index >= 15 is 0 Å². The van der Waals surface area contributed by atoms with E-state index in [4.69, 9.17) is 0 Å². The van der Waals surface area contributed by atoms with Crippen LogP contribution in [0.5, 0.6) is 0 Å². The Morgan fingerprint density at radius 1 is 1.12 bits per heavy atom. The molecule has 2 amide bonds. The summed E-state index contributed by atoms with van der Waals surface area (Å²) in [6.45, 7) is 1.78. The predicted octanol–water partition coefficient (Wildman–Crippen LogP) is 3.28. The fraction of sp³-hybridized carbons (Fsp3) is 0.105. The van der Waals surface area contributed by atoms with Gasteiger partial charge in [-0.05, 0) is 30.3 Å². The van der Waals surface area contributed by atoms with Crippen LogP contribution in [0.1, 0.15) is 29.3 Å². The second kappa shape index (κ2) is 7.44. The Bertz CT molecular complexity index is 926. The van der Waals surface area contributed by atoms with Gasteiger partial charge in [-0.3, -0.25) is 9.59 Å². The third-order valence-corrected chi connectivity index (χ3v) is 3.74. The van der Waals surface area contributed by atoms with Crippen LogP contribution in [-0.2, 0) is 4.79 Å². The normalized spacial score (nSPS) is 10.9. The number of aromatic amines is 1. The summed E-state index contributed by atoms with van der Waals surface area (Å²) in [4.78, 5) is 26.6. The monoisotopic (exact) mass is 334 g/mol. The summed E-state index contributed by atoms with van der Waals surface area (Å²) >= 11 is 0. The molecular formula is C19H18N4O2. The number of H-pyrrole nitrogens is 1. The van der Waals surface area contributed by atoms with Gasteiger partial charge in [0.05, 0.1) is 6.21 Å². The van der Waals surface area contributed by atoms with Crippen LogP contribution >= 0.6 is 0 Å². The number of nitrogens with one attached hydrogen (secondary N) is 3. The summed E-state index contributed by atoms with van der Waals surface area (Å²) in [5.74, 6) is -0.384. The van der Waals surface area contributed by atoms with E-state index in [1.807, 2.05) is 30.5 Å². The van der Waals surface area contributed by atoms with E-state index in [1.165, 1.54) is 0 Å². The minimum atomic E-state index is -0.315. The molecule has 3 rings (SSSR count). The van der Waals surface area contributed by atoms with Crippen LogP contribution in [0.2, 0.25) is 0 Å². The van der Waals surface area contributed by atoms with Gasteiger partial charge in [-0.1, -0.05) is 25.1 Å². The molecule has 6 nitrogen and oxygen atoms in total. The minimum absolute atomic E-state index is 0.0690. The van der Waals surface area contributed by atoms with Crippen molar-refractivity contribution in [1.29, 1.82) is 0 Å². The standard InChI is InChI=1S/C19H18N4O2/c1-2-18(24)22-15-9-7-13(8-10-15)19(25)23-21-12-14-11-20-17-6-4-3-5-16(14)17/h3-12,20H,2H2,1H3,(H,22,24)(H,23,25). The minimum Gasteiger partial charge on any atom is -0.361 e. The number of nitrogens with zero attached hydrogens (tertiary/aromatic N) is 1. The summed E-state index contributed by atoms with van der Waals surface area (Å²) in [5, 5.41) is 7.78. The van der Waals surface area contributed by atoms with Crippen LogP contribution in [0.4, 0.5) is 5.69 Å². The van der Waals surface area contributed by atoms with Crippen LogP contribution < -0.4 is 10.7 Å². The van der Waals surface area contributed by atoms with Crippen molar-refractivity contribution in [2.75, 3.05) is 5.32 Å². The fourth-order valence-electron chi connectivity index (χ4n) is 2.38. The van der Waals surface area contributed by atoms with E-state index in [-0.39, 0.29) is 11.8 Å². The van der Waals surface area contributed by atoms with Gasteiger partial charge in [-0.25, -0.2) is 5.43 Å². The Kier molecular flexibility index (Phi) is 4.89. The van der Waals surface area contributed by atoms with Gasteiger partial charge in [0.25, 0.3) is 5.91 Å². The molecule has 126 valence electrons. The lowest BCUT2D eigenvalue weighted by Crippen LogP contribution is -2.17. The highest BCUT2D eigenvalue weighted by Crippen LogP contribution is 2.15. The van der Waals surface area contributed by atoms with Crippen molar-refractivity contribution in [3.63, 3.8) is 0 Å². The van der Waals surface area contributed by atoms with Crippen LogP contribution in [0.15, 0.2) is 59.8 Å². The lowest BCUT2D eigenvalue weighted by Gasteiger charge is -2.04. The lowest BCUT2D eigenvalue weighted by atomic mass is 10.2. The third kappa shape index (κ3) is 3.92. The molecule has 0 unspecified atom stereocenters. The summed E-state index contributed by atoms with van der Waals surface area (Å²) in [6, 6.07) is 14.5. The molecule has 1 aromatic heterocycles. The van der Waals surface area contributed by atoms with Gasteiger partial charge in [-0.15, -0.1) is 0 Å². The lowest BCUT2D eigenvalue weighted by molar-refractivity contribution is -0.115. The number of hydrogen-bond acceptors (Lipinski definition) is 3. The van der Waals surface area contributed by atoms with Crippen molar-refractivity contribution in [2.24, 2.45) is 5.10 Å². The maximum Gasteiger partial charge on any atom is 0.271 e. The highest BCUT2D eigenvalue weighted by atomic mass is 16.2. The number of carbonyl (C=O) groups is 2. The largest absolute Gasteiger partial charge is 0.361 e. The molecule has 0 fully saturated rings. The fourth-order valence-corrected chi connectivity index (χ4v) is 2.38. The first-order valence-corrected chi connectivity index (χ1v) is 7.97. The molecule has 0 atom stereocenters. The van der Waals surface area contributed by atoms with Gasteiger partial charge in [-0.2, -0.15) is 5.10 Å². The average Bonchev–Trinajstić information content (AvgIpc) is 3.05. The Hall–Kier alpha value is -3.41. The SMILES string of the molecule is CCC(=O)Nc1ccc(C(=O)NN=Cc2c[nH]c3ccccc23)cc1. The third-order valence-electron chi connectivity index (χ3n) is 3.74. The van der Waals surface area contributed by atoms with Crippen molar-refractivity contribution in [3.8, 4) is 0 Å². The van der Waals surface area contributed by atoms with Crippen LogP contribution in [0.3, 0.4) is 0 Å². The zero-order chi connectivity index (χ0) is 17.6. The van der Waals surface area contributed by atoms with Gasteiger partial charge in [0.2, 0.25) is 5.91 Å². The summed E-state index contributed by atoms with van der Waals surface area (Å²) in [5.41, 5.74) is 5.53. The molecule has 25 heavy (non-hydrogen) atoms. The molecule has 0 radical (unpaired) electrons. The Balaban J connectivity index is 1.63. The zero-order valence-electron chi connectivity index (χ0n) is 13.7. The summed E-state index contributed by atoms with van der Waals surface area (Å²) in [6.07, 6.45) is 3.85. The molecule has 0 bridgehead atoms. The predicted molar refractivity (Wildman–Crippen MR) is 98.7 cm³/mol. The number of fused-ring (bicyclic) bond motifs is 1. The van der Waals surface area contributed by atoms with E-state index in [1.54, 1.807) is 37.4 Å². The molecule has 6 heteroatoms. The van der Waals surface area contributed by atoms with Crippen molar-refractivity contribution in [2.45, 2.75) is 13.3 Å². The molecule has 0 saturated heterocycles. The van der Waals surface area contributed by atoms with E-state index in [2.05, 4.69) is 20.8 Å². The Labute approximate surface area is 144 Å². The molecular weight excluding hydrogens is 316 g/mol. The van der Waals surface area contributed by atoms with Crippen molar-refractivity contribution < 1.29 is 9.59 Å². The van der Waals surface area contributed by atoms with Gasteiger partial charge in [0, 0.05) is 40.3 Å². The topological polar surface area (TPSA) is 86.3 Å². The van der Waals surface area contributed by atoms with Crippen molar-refractivity contribution >= 4 is 34.6 Å². The summed E-state index contributed by atoms with van der Waals surface area (Å²) in [7, 11) is 0. The number of aromatic nitrogens is 1. The number of rotatable bonds is 5. The van der Waals surface area contributed by atoms with Crippen LogP contribution in [0.25, 0.3) is 10.9 Å². The smallest absolute Gasteiger partial charge is 0.271 e. The number of amides is 2. The molecule has 0 aliphatic carbocycles. The number of hydrogen-bond donors (Lipinski definition) is 3. The van der Waals surface area contributed by atoms with Crippen molar-refractivity contribution in [3.05, 3.63) is 65.9 Å². The van der Waals surface area contributed by atoms with Crippen LogP contribution in [-0.4, -0.2) is 23.0 Å². The second-order valence-electron chi connectivity index (χ2n) is 5.47. The van der Waals surface area contributed by atoms with E-state index in [0.717, 1.165) is 16.5 Å². The molecule has 0 saturated carbocycles. The molecule has 2 aromatic carbocycles. The molecule has 0 aliphatic heterocycles. The Morgan fingerprint density at radius 3 is 2.64 bits per heavy atom. The van der Waals surface area contributed by atoms with E-state index in [0.29, 0.717) is 17.7 Å². The van der Waals surface area contributed by atoms with Gasteiger partial charge < -0.3 is 10.3 Å². The highest BCUT2D eigenvalue weighted by Gasteiger charge is 2.05. The quantitative estimate of drug-likeness (QED) is 0.494. The first kappa shape index (κ1) is 16.4. The Morgan fingerprint density at radius 2 is 1.88 bits per heavy atom. The maximum atomic E-state index is 12.1. The average molecular weight is 334 g/mol. The number of carbonyl (C=O) groups excluding carboxylic acids is 2. The number of para-hydroxylation sites is 1. The maximum absolute atomic E-state index is 12.1. The second-order valence-corrected chi connectivity index (χ2v) is 5.47. The number of anilines is 1. The first-order chi connectivity index (χ1) is 12.2. The molecule has 0 spiro atoms. The number of hydrazone groups is 1. The number of benzene rings is 2. The van der Waals surface area contributed by atoms with Gasteiger partial charge >= 0.3 is 0 Å². The highest BCUT2D eigenvalue weighted by molar-refractivity contribution is 6.00. The molecule has 3 aromatic rings. The molecule has 3 N–H and O–H groups in total. The van der Waals surface area contributed by atoms with E-state index < -0.39 is 0 Å². The van der Waals surface area contributed by atoms with Gasteiger partial charge in [0.1, 0.15) is 0 Å². The molecule has 0 aliphatic rings. The van der Waals surface area contributed by atoms with Gasteiger partial charge in [0.15, 0.2) is 0 Å². The zero-order valence-corrected chi connectivity index (χ0v) is 13.7. The van der Waals surface area contributed by atoms with Crippen LogP contribution in [0, 0.1) is 0 Å². The summed E-state index contributed by atoms with van der Waals surface area (Å²) < 4.78 is 0. The van der Waals surface area contributed by atoms with E-state index in [9.17, 15) is 9.59 Å². The molecule has 1 heterocycles.